The van der Waals surface area contributed by atoms with Crippen molar-refractivity contribution in [3.05, 3.63) is 79.3 Å². The van der Waals surface area contributed by atoms with Crippen molar-refractivity contribution >= 4 is 92.4 Å². The molecule has 0 bridgehead atoms. The van der Waals surface area contributed by atoms with Crippen LogP contribution in [0.1, 0.15) is 21.7 Å². The lowest BCUT2D eigenvalue weighted by atomic mass is 10.1. The van der Waals surface area contributed by atoms with Gasteiger partial charge in [-0.15, -0.1) is 11.3 Å². The van der Waals surface area contributed by atoms with Gasteiger partial charge in [0.05, 0.1) is 10.5 Å². The summed E-state index contributed by atoms with van der Waals surface area (Å²) >= 11 is 20.4. The Hall–Kier alpha value is -2.69. The fourth-order valence-corrected chi connectivity index (χ4v) is 5.89. The Bertz CT molecular complexity index is 1390. The van der Waals surface area contributed by atoms with Crippen molar-refractivity contribution in [3.8, 4) is 11.1 Å². The Morgan fingerprint density at radius 3 is 2.71 bits per heavy atom. The van der Waals surface area contributed by atoms with Gasteiger partial charge < -0.3 is 10.4 Å². The molecule has 35 heavy (non-hydrogen) atoms. The average molecular weight is 564 g/mol. The highest BCUT2D eigenvalue weighted by Crippen LogP contribution is 2.37. The predicted molar refractivity (Wildman–Crippen MR) is 146 cm³/mol. The first-order chi connectivity index (χ1) is 16.7. The summed E-state index contributed by atoms with van der Waals surface area (Å²) in [6.45, 7) is 0.111. The number of hydrogen-bond donors (Lipinski definition) is 2. The van der Waals surface area contributed by atoms with E-state index in [4.69, 9.17) is 40.5 Å². The van der Waals surface area contributed by atoms with E-state index in [9.17, 15) is 14.4 Å². The lowest BCUT2D eigenvalue weighted by Gasteiger charge is -2.14. The molecule has 2 heterocycles. The molecule has 0 atom stereocenters. The lowest BCUT2D eigenvalue weighted by molar-refractivity contribution is -0.122. The number of amides is 2. The molecule has 1 aromatic heterocycles. The summed E-state index contributed by atoms with van der Waals surface area (Å²) in [6.07, 6.45) is 1.77. The lowest BCUT2D eigenvalue weighted by Crippen LogP contribution is -2.31. The Labute approximate surface area is 224 Å². The molecule has 1 aliphatic heterocycles. The number of halogens is 2. The number of carboxylic acids is 1. The van der Waals surface area contributed by atoms with Crippen LogP contribution in [0.2, 0.25) is 10.0 Å². The summed E-state index contributed by atoms with van der Waals surface area (Å²) in [5.74, 6) is -1.71. The van der Waals surface area contributed by atoms with E-state index in [-0.39, 0.29) is 30.3 Å². The molecule has 0 unspecified atom stereocenters. The summed E-state index contributed by atoms with van der Waals surface area (Å²) in [7, 11) is 0. The number of benzene rings is 2. The molecule has 2 amide bonds. The van der Waals surface area contributed by atoms with Gasteiger partial charge in [-0.05, 0) is 59.5 Å². The molecule has 0 radical (unpaired) electrons. The Balaban J connectivity index is 1.40. The third kappa shape index (κ3) is 6.12. The molecule has 11 heteroatoms. The van der Waals surface area contributed by atoms with Crippen LogP contribution in [0.15, 0.2) is 58.8 Å². The Morgan fingerprint density at radius 2 is 1.94 bits per heavy atom. The van der Waals surface area contributed by atoms with Gasteiger partial charge in [-0.2, -0.15) is 0 Å². The van der Waals surface area contributed by atoms with E-state index < -0.39 is 5.97 Å². The first-order valence-corrected chi connectivity index (χ1v) is 13.0. The number of aromatic carboxylic acids is 1. The molecule has 1 fully saturated rings. The number of rotatable bonds is 7. The average Bonchev–Trinajstić information content (AvgIpc) is 3.38. The van der Waals surface area contributed by atoms with E-state index in [0.717, 1.165) is 16.0 Å². The molecule has 0 spiro atoms. The van der Waals surface area contributed by atoms with Crippen LogP contribution in [0.4, 0.5) is 5.69 Å². The van der Waals surface area contributed by atoms with Crippen molar-refractivity contribution in [1.29, 1.82) is 0 Å². The van der Waals surface area contributed by atoms with E-state index in [1.54, 1.807) is 36.4 Å². The highest BCUT2D eigenvalue weighted by atomic mass is 35.5. The molecule has 1 saturated heterocycles. The van der Waals surface area contributed by atoms with Crippen LogP contribution in [0.25, 0.3) is 17.2 Å². The first kappa shape index (κ1) is 25.4. The fraction of sp³-hybridized carbons (Fsp3) is 0.0833. The monoisotopic (exact) mass is 562 g/mol. The van der Waals surface area contributed by atoms with Crippen LogP contribution in [0.5, 0.6) is 0 Å². The van der Waals surface area contributed by atoms with Crippen LogP contribution >= 0.6 is 58.5 Å². The van der Waals surface area contributed by atoms with Crippen molar-refractivity contribution in [2.45, 2.75) is 6.42 Å². The molecule has 178 valence electrons. The number of carboxylic acid groups (broad SMARTS) is 1. The number of carbonyl (C=O) groups is 3. The molecule has 0 saturated carbocycles. The molecule has 3 aromatic rings. The van der Waals surface area contributed by atoms with Crippen LogP contribution in [0.3, 0.4) is 0 Å². The second kappa shape index (κ2) is 10.9. The first-order valence-electron chi connectivity index (χ1n) is 10.1. The quantitative estimate of drug-likeness (QED) is 0.247. The van der Waals surface area contributed by atoms with Gasteiger partial charge in [0.25, 0.3) is 5.91 Å². The minimum absolute atomic E-state index is 0.00738. The largest absolute Gasteiger partial charge is 0.478 e. The molecule has 6 nitrogen and oxygen atoms in total. The van der Waals surface area contributed by atoms with Gasteiger partial charge in [-0.25, -0.2) is 4.79 Å². The Morgan fingerprint density at radius 1 is 1.14 bits per heavy atom. The summed E-state index contributed by atoms with van der Waals surface area (Å²) < 4.78 is 0.372. The van der Waals surface area contributed by atoms with Crippen LogP contribution in [0, 0.1) is 0 Å². The summed E-state index contributed by atoms with van der Waals surface area (Å²) in [5, 5.41) is 14.8. The second-order valence-electron chi connectivity index (χ2n) is 7.38. The number of hydrogen-bond acceptors (Lipinski definition) is 6. The number of thiophene rings is 1. The SMILES string of the molecule is O=C(CCN1C(=O)/C(=C/c2cc(-c3cc(Cl)ccc3Cl)cs2)SC1=S)Nc1cccc(C(=O)O)c1. The zero-order chi connectivity index (χ0) is 25.1. The third-order valence-corrected chi connectivity index (χ3v) is 7.78. The zero-order valence-electron chi connectivity index (χ0n) is 17.8. The van der Waals surface area contributed by atoms with Crippen LogP contribution < -0.4 is 5.32 Å². The van der Waals surface area contributed by atoms with Gasteiger partial charge in [0, 0.05) is 39.1 Å². The van der Waals surface area contributed by atoms with Gasteiger partial charge in [-0.1, -0.05) is 53.2 Å². The molecule has 2 aromatic carbocycles. The van der Waals surface area contributed by atoms with E-state index in [1.807, 2.05) is 11.4 Å². The van der Waals surface area contributed by atoms with Crippen molar-refractivity contribution in [3.63, 3.8) is 0 Å². The maximum atomic E-state index is 12.9. The number of anilines is 1. The van der Waals surface area contributed by atoms with Gasteiger partial charge in [0.15, 0.2) is 0 Å². The highest BCUT2D eigenvalue weighted by Gasteiger charge is 2.32. The van der Waals surface area contributed by atoms with E-state index in [2.05, 4.69) is 5.32 Å². The topological polar surface area (TPSA) is 86.7 Å². The molecular formula is C24H16Cl2N2O4S3. The number of carbonyl (C=O) groups excluding carboxylic acids is 2. The molecule has 2 N–H and O–H groups in total. The van der Waals surface area contributed by atoms with E-state index in [1.165, 1.54) is 40.1 Å². The van der Waals surface area contributed by atoms with Crippen LogP contribution in [-0.2, 0) is 9.59 Å². The summed E-state index contributed by atoms with van der Waals surface area (Å²) in [5.41, 5.74) is 2.14. The maximum absolute atomic E-state index is 12.9. The van der Waals surface area contributed by atoms with Gasteiger partial charge in [0.2, 0.25) is 5.91 Å². The van der Waals surface area contributed by atoms with Crippen LogP contribution in [-0.4, -0.2) is 38.7 Å². The minimum atomic E-state index is -1.08. The minimum Gasteiger partial charge on any atom is -0.478 e. The van der Waals surface area contributed by atoms with Crippen molar-refractivity contribution in [2.24, 2.45) is 0 Å². The number of nitrogens with zero attached hydrogens (tertiary/aromatic N) is 1. The molecule has 1 aliphatic rings. The third-order valence-electron chi connectivity index (χ3n) is 4.96. The Kier molecular flexibility index (Phi) is 7.93. The van der Waals surface area contributed by atoms with E-state index >= 15 is 0 Å². The highest BCUT2D eigenvalue weighted by molar-refractivity contribution is 8.26. The van der Waals surface area contributed by atoms with Crippen molar-refractivity contribution in [2.75, 3.05) is 11.9 Å². The molecule has 4 rings (SSSR count). The summed E-state index contributed by atoms with van der Waals surface area (Å²) in [4.78, 5) is 39.0. The van der Waals surface area contributed by atoms with Gasteiger partial charge in [-0.3, -0.25) is 14.5 Å². The smallest absolute Gasteiger partial charge is 0.335 e. The fourth-order valence-electron chi connectivity index (χ4n) is 3.28. The zero-order valence-corrected chi connectivity index (χ0v) is 21.7. The molecular weight excluding hydrogens is 547 g/mol. The van der Waals surface area contributed by atoms with Crippen molar-refractivity contribution < 1.29 is 19.5 Å². The maximum Gasteiger partial charge on any atom is 0.335 e. The van der Waals surface area contributed by atoms with Crippen molar-refractivity contribution in [1.82, 2.24) is 4.90 Å². The predicted octanol–water partition coefficient (Wildman–Crippen LogP) is 6.65. The standard InChI is InChI=1S/C24H16Cl2N2O4S3/c25-15-4-5-19(26)18(10-15)14-9-17(34-12-14)11-20-22(30)28(24(33)35-20)7-6-21(29)27-16-3-1-2-13(8-16)23(31)32/h1-5,8-12H,6-7H2,(H,27,29)(H,31,32)/b20-11-. The number of thioether (sulfide) groups is 1. The normalized spacial score (nSPS) is 14.6. The van der Waals surface area contributed by atoms with E-state index in [0.29, 0.717) is 25.0 Å². The van der Waals surface area contributed by atoms with Gasteiger partial charge in [0.1, 0.15) is 4.32 Å². The van der Waals surface area contributed by atoms with Gasteiger partial charge >= 0.3 is 5.97 Å². The second-order valence-corrected chi connectivity index (χ2v) is 10.8. The number of thiocarbonyl (C=S) groups is 1. The number of nitrogens with one attached hydrogen (secondary N) is 1. The molecule has 0 aliphatic carbocycles. The summed E-state index contributed by atoms with van der Waals surface area (Å²) in [6, 6.07) is 13.1.